The predicted molar refractivity (Wildman–Crippen MR) is 99.7 cm³/mol. The molecule has 2 fully saturated rings. The van der Waals surface area contributed by atoms with E-state index in [0.717, 1.165) is 24.8 Å². The Morgan fingerprint density at radius 1 is 1.04 bits per heavy atom. The summed E-state index contributed by atoms with van der Waals surface area (Å²) in [5, 5.41) is 10.8. The Labute approximate surface area is 154 Å². The third-order valence-corrected chi connectivity index (χ3v) is 6.09. The number of rotatable bonds is 3. The summed E-state index contributed by atoms with van der Waals surface area (Å²) in [6.07, 6.45) is 2.13. The number of hydrogen-bond donors (Lipinski definition) is 1. The van der Waals surface area contributed by atoms with Crippen LogP contribution in [0.2, 0.25) is 0 Å². The SMILES string of the molecule is O=C(OCc1ccccc1)N1CCC2(CC1)CC(c1ccccc1)C2O. The normalized spacial score (nSPS) is 24.1. The zero-order valence-corrected chi connectivity index (χ0v) is 14.9. The van der Waals surface area contributed by atoms with Crippen molar-refractivity contribution in [1.29, 1.82) is 0 Å². The lowest BCUT2D eigenvalue weighted by Crippen LogP contribution is -2.57. The summed E-state index contributed by atoms with van der Waals surface area (Å²) in [6, 6.07) is 20.0. The van der Waals surface area contributed by atoms with Crippen LogP contribution < -0.4 is 0 Å². The van der Waals surface area contributed by atoms with Crippen LogP contribution in [-0.4, -0.2) is 35.3 Å². The van der Waals surface area contributed by atoms with Gasteiger partial charge in [-0.25, -0.2) is 4.79 Å². The molecule has 1 aliphatic heterocycles. The van der Waals surface area contributed by atoms with Crippen LogP contribution in [0.15, 0.2) is 60.7 Å². The number of carbonyl (C=O) groups excluding carboxylic acids is 1. The van der Waals surface area contributed by atoms with Crippen LogP contribution in [0.3, 0.4) is 0 Å². The van der Waals surface area contributed by atoms with Gasteiger partial charge < -0.3 is 14.7 Å². The molecule has 0 bridgehead atoms. The van der Waals surface area contributed by atoms with Crippen molar-refractivity contribution >= 4 is 6.09 Å². The Kier molecular flexibility index (Phi) is 4.68. The van der Waals surface area contributed by atoms with Gasteiger partial charge in [-0.1, -0.05) is 60.7 Å². The van der Waals surface area contributed by atoms with Gasteiger partial charge in [0.15, 0.2) is 0 Å². The van der Waals surface area contributed by atoms with Crippen LogP contribution in [0, 0.1) is 5.41 Å². The van der Waals surface area contributed by atoms with Crippen molar-refractivity contribution in [2.45, 2.75) is 37.9 Å². The lowest BCUT2D eigenvalue weighted by molar-refractivity contribution is -0.116. The molecule has 4 heteroatoms. The smallest absolute Gasteiger partial charge is 0.410 e. The van der Waals surface area contributed by atoms with E-state index in [0.29, 0.717) is 19.7 Å². The highest BCUT2D eigenvalue weighted by Gasteiger charge is 2.54. The average molecular weight is 351 g/mol. The number of likely N-dealkylation sites (tertiary alicyclic amines) is 1. The molecule has 4 rings (SSSR count). The topological polar surface area (TPSA) is 49.8 Å². The van der Waals surface area contributed by atoms with Gasteiger partial charge in [0, 0.05) is 24.4 Å². The minimum Gasteiger partial charge on any atom is -0.445 e. The average Bonchev–Trinajstić information content (AvgIpc) is 2.72. The Bertz CT molecular complexity index is 738. The zero-order chi connectivity index (χ0) is 18.0. The van der Waals surface area contributed by atoms with E-state index >= 15 is 0 Å². The van der Waals surface area contributed by atoms with Crippen LogP contribution >= 0.6 is 0 Å². The number of piperidine rings is 1. The molecule has 1 spiro atoms. The first-order chi connectivity index (χ1) is 12.7. The molecule has 4 nitrogen and oxygen atoms in total. The lowest BCUT2D eigenvalue weighted by Gasteiger charge is -2.56. The second-order valence-corrected chi connectivity index (χ2v) is 7.56. The molecule has 1 aliphatic carbocycles. The van der Waals surface area contributed by atoms with Crippen LogP contribution in [-0.2, 0) is 11.3 Å². The van der Waals surface area contributed by atoms with Gasteiger partial charge in [0.2, 0.25) is 0 Å². The molecule has 2 aromatic carbocycles. The number of benzene rings is 2. The molecule has 2 aromatic rings. The highest BCUT2D eigenvalue weighted by molar-refractivity contribution is 5.67. The number of hydrogen-bond acceptors (Lipinski definition) is 3. The van der Waals surface area contributed by atoms with E-state index in [-0.39, 0.29) is 23.5 Å². The summed E-state index contributed by atoms with van der Waals surface area (Å²) < 4.78 is 5.43. The van der Waals surface area contributed by atoms with E-state index in [1.807, 2.05) is 48.5 Å². The molecule has 1 heterocycles. The van der Waals surface area contributed by atoms with Crippen LogP contribution in [0.25, 0.3) is 0 Å². The third-order valence-electron chi connectivity index (χ3n) is 6.09. The van der Waals surface area contributed by atoms with Crippen molar-refractivity contribution in [3.8, 4) is 0 Å². The highest BCUT2D eigenvalue weighted by Crippen LogP contribution is 2.56. The maximum absolute atomic E-state index is 12.3. The molecule has 2 atom stereocenters. The molecule has 1 N–H and O–H groups in total. The summed E-state index contributed by atoms with van der Waals surface area (Å²) in [4.78, 5) is 14.1. The van der Waals surface area contributed by atoms with Crippen LogP contribution in [0.1, 0.15) is 36.3 Å². The van der Waals surface area contributed by atoms with Crippen molar-refractivity contribution < 1.29 is 14.6 Å². The number of ether oxygens (including phenoxy) is 1. The quantitative estimate of drug-likeness (QED) is 0.911. The van der Waals surface area contributed by atoms with Gasteiger partial charge in [-0.3, -0.25) is 0 Å². The molecular formula is C22H25NO3. The number of carbonyl (C=O) groups is 1. The Morgan fingerprint density at radius 2 is 1.65 bits per heavy atom. The monoisotopic (exact) mass is 351 g/mol. The Morgan fingerprint density at radius 3 is 2.27 bits per heavy atom. The number of nitrogens with zero attached hydrogens (tertiary/aromatic N) is 1. The maximum atomic E-state index is 12.3. The molecule has 2 aliphatic rings. The standard InChI is InChI=1S/C22H25NO3/c24-20-19(18-9-5-2-6-10-18)15-22(20)11-13-23(14-12-22)21(25)26-16-17-7-3-1-4-8-17/h1-10,19-20,24H,11-16H2. The van der Waals surface area contributed by atoms with E-state index in [1.54, 1.807) is 4.90 Å². The van der Waals surface area contributed by atoms with E-state index in [2.05, 4.69) is 12.1 Å². The molecule has 26 heavy (non-hydrogen) atoms. The highest BCUT2D eigenvalue weighted by atomic mass is 16.6. The van der Waals surface area contributed by atoms with Crippen LogP contribution in [0.5, 0.6) is 0 Å². The van der Waals surface area contributed by atoms with Crippen molar-refractivity contribution in [2.75, 3.05) is 13.1 Å². The molecular weight excluding hydrogens is 326 g/mol. The fourth-order valence-corrected chi connectivity index (χ4v) is 4.38. The van der Waals surface area contributed by atoms with E-state index in [1.165, 1.54) is 5.56 Å². The summed E-state index contributed by atoms with van der Waals surface area (Å²) in [5.41, 5.74) is 2.18. The fourth-order valence-electron chi connectivity index (χ4n) is 4.38. The molecule has 1 saturated carbocycles. The first-order valence-electron chi connectivity index (χ1n) is 9.37. The summed E-state index contributed by atoms with van der Waals surface area (Å²) in [6.45, 7) is 1.62. The number of amides is 1. The van der Waals surface area contributed by atoms with Gasteiger partial charge in [0.1, 0.15) is 6.61 Å². The lowest BCUT2D eigenvalue weighted by atomic mass is 9.53. The van der Waals surface area contributed by atoms with Gasteiger partial charge in [-0.15, -0.1) is 0 Å². The third kappa shape index (κ3) is 3.21. The van der Waals surface area contributed by atoms with E-state index in [4.69, 9.17) is 4.74 Å². The summed E-state index contributed by atoms with van der Waals surface area (Å²) >= 11 is 0. The second-order valence-electron chi connectivity index (χ2n) is 7.56. The first-order valence-corrected chi connectivity index (χ1v) is 9.37. The predicted octanol–water partition coefficient (Wildman–Crippen LogP) is 3.95. The molecule has 2 unspecified atom stereocenters. The molecule has 0 aromatic heterocycles. The Hall–Kier alpha value is -2.33. The van der Waals surface area contributed by atoms with Crippen molar-refractivity contribution in [1.82, 2.24) is 4.90 Å². The zero-order valence-electron chi connectivity index (χ0n) is 14.9. The number of aliphatic hydroxyl groups is 1. The van der Waals surface area contributed by atoms with Crippen molar-refractivity contribution in [3.63, 3.8) is 0 Å². The van der Waals surface area contributed by atoms with Gasteiger partial charge in [0.25, 0.3) is 0 Å². The van der Waals surface area contributed by atoms with E-state index < -0.39 is 0 Å². The molecule has 136 valence electrons. The summed E-state index contributed by atoms with van der Waals surface area (Å²) in [7, 11) is 0. The largest absolute Gasteiger partial charge is 0.445 e. The molecule has 0 radical (unpaired) electrons. The minimum atomic E-state index is -0.313. The Balaban J connectivity index is 1.28. The minimum absolute atomic E-state index is 0.0310. The van der Waals surface area contributed by atoms with Gasteiger partial charge >= 0.3 is 6.09 Å². The molecule has 1 saturated heterocycles. The fraction of sp³-hybridized carbons (Fsp3) is 0.409. The van der Waals surface area contributed by atoms with Gasteiger partial charge in [-0.2, -0.15) is 0 Å². The maximum Gasteiger partial charge on any atom is 0.410 e. The molecule has 1 amide bonds. The summed E-state index contributed by atoms with van der Waals surface area (Å²) in [5.74, 6) is 0.229. The van der Waals surface area contributed by atoms with Crippen molar-refractivity contribution in [2.24, 2.45) is 5.41 Å². The van der Waals surface area contributed by atoms with Crippen molar-refractivity contribution in [3.05, 3.63) is 71.8 Å². The van der Waals surface area contributed by atoms with Gasteiger partial charge in [-0.05, 0) is 30.4 Å². The first kappa shape index (κ1) is 17.1. The second kappa shape index (κ2) is 7.12. The van der Waals surface area contributed by atoms with E-state index in [9.17, 15) is 9.90 Å². The number of aliphatic hydroxyl groups excluding tert-OH is 1. The van der Waals surface area contributed by atoms with Crippen LogP contribution in [0.4, 0.5) is 4.79 Å². The van der Waals surface area contributed by atoms with Gasteiger partial charge in [0.05, 0.1) is 6.10 Å².